The maximum atomic E-state index is 13.4. The number of anilines is 2. The number of aliphatic carboxylic acids is 1. The van der Waals surface area contributed by atoms with Crippen molar-refractivity contribution >= 4 is 36.6 Å². The number of aromatic nitrogens is 4. The minimum atomic E-state index is -4.28. The number of ether oxygens (including phenoxy) is 1. The van der Waals surface area contributed by atoms with Crippen molar-refractivity contribution in [2.45, 2.75) is 43.9 Å². The number of hydrogen-bond donors (Lipinski definition) is 6. The average molecular weight is 537 g/mol. The second-order valence-electron chi connectivity index (χ2n) is 8.59. The Balaban J connectivity index is 1.58. The van der Waals surface area contributed by atoms with Crippen molar-refractivity contribution in [1.82, 2.24) is 24.6 Å². The fourth-order valence-electron chi connectivity index (χ4n) is 3.83. The Hall–Kier alpha value is -3.33. The van der Waals surface area contributed by atoms with Crippen LogP contribution in [0.4, 0.5) is 11.8 Å². The molecule has 2 unspecified atom stereocenters. The summed E-state index contributed by atoms with van der Waals surface area (Å²) in [6, 6.07) is 6.73. The van der Waals surface area contributed by atoms with E-state index in [0.717, 1.165) is 0 Å². The van der Waals surface area contributed by atoms with Crippen LogP contribution in [0.1, 0.15) is 20.1 Å². The van der Waals surface area contributed by atoms with Crippen LogP contribution in [0.5, 0.6) is 5.75 Å². The highest BCUT2D eigenvalue weighted by Crippen LogP contribution is 2.47. The lowest BCUT2D eigenvalue weighted by Gasteiger charge is -2.27. The molecule has 0 bridgehead atoms. The van der Waals surface area contributed by atoms with Crippen molar-refractivity contribution < 1.29 is 38.5 Å². The summed E-state index contributed by atoms with van der Waals surface area (Å²) >= 11 is 0. The number of rotatable bonds is 10. The molecule has 2 aromatic heterocycles. The first-order valence-electron chi connectivity index (χ1n) is 11.2. The molecule has 200 valence electrons. The minimum Gasteiger partial charge on any atom is -0.480 e. The smallest absolute Gasteiger partial charge is 0.459 e. The van der Waals surface area contributed by atoms with Gasteiger partial charge >= 0.3 is 13.7 Å². The third-order valence-corrected chi connectivity index (χ3v) is 7.43. The Morgan fingerprint density at radius 1 is 1.35 bits per heavy atom. The number of nitrogens with two attached hydrogens (primary N) is 1. The molecule has 6 atom stereocenters. The van der Waals surface area contributed by atoms with Crippen molar-refractivity contribution in [2.75, 3.05) is 24.7 Å². The molecule has 0 amide bonds. The number of nitrogen functional groups attached to an aromatic ring is 1. The van der Waals surface area contributed by atoms with Crippen LogP contribution in [0, 0.1) is 0 Å². The van der Waals surface area contributed by atoms with Gasteiger partial charge in [0, 0.05) is 7.05 Å². The van der Waals surface area contributed by atoms with E-state index in [1.807, 2.05) is 0 Å². The van der Waals surface area contributed by atoms with E-state index >= 15 is 0 Å². The number of carbonyl (C=O) groups is 1. The summed E-state index contributed by atoms with van der Waals surface area (Å²) in [4.78, 5) is 23.9. The summed E-state index contributed by atoms with van der Waals surface area (Å²) < 4.78 is 31.7. The van der Waals surface area contributed by atoms with Crippen molar-refractivity contribution in [1.29, 1.82) is 0 Å². The summed E-state index contributed by atoms with van der Waals surface area (Å²) in [6.45, 7) is 2.09. The number of aliphatic hydroxyl groups excluding tert-OH is 1. The predicted octanol–water partition coefficient (Wildman–Crippen LogP) is 0.726. The lowest BCUT2D eigenvalue weighted by atomic mass is 9.96. The predicted molar refractivity (Wildman–Crippen MR) is 131 cm³/mol. The highest BCUT2D eigenvalue weighted by molar-refractivity contribution is 7.52. The van der Waals surface area contributed by atoms with Crippen LogP contribution in [-0.4, -0.2) is 78.3 Å². The quantitative estimate of drug-likeness (QED) is 0.197. The van der Waals surface area contributed by atoms with Crippen LogP contribution in [0.15, 0.2) is 36.7 Å². The zero-order valence-corrected chi connectivity index (χ0v) is 21.1. The maximum Gasteiger partial charge on any atom is 0.459 e. The molecule has 1 aromatic carbocycles. The summed E-state index contributed by atoms with van der Waals surface area (Å²) in [5.74, 6) is -0.808. The second-order valence-corrected chi connectivity index (χ2v) is 10.3. The average Bonchev–Trinajstić information content (AvgIpc) is 3.35. The first kappa shape index (κ1) is 26.7. The molecular weight excluding hydrogens is 509 g/mol. The third-order valence-electron chi connectivity index (χ3n) is 5.78. The van der Waals surface area contributed by atoms with Crippen molar-refractivity contribution in [3.8, 4) is 5.75 Å². The van der Waals surface area contributed by atoms with E-state index in [4.69, 9.17) is 19.5 Å². The molecular formula is C21H28N7O8P. The monoisotopic (exact) mass is 537 g/mol. The molecule has 7 N–H and O–H groups in total. The fraction of sp³-hybridized carbons (Fsp3) is 0.429. The zero-order chi connectivity index (χ0) is 27.0. The molecule has 1 aliphatic rings. The van der Waals surface area contributed by atoms with Gasteiger partial charge in [0.2, 0.25) is 5.95 Å². The van der Waals surface area contributed by atoms with E-state index in [1.165, 1.54) is 36.9 Å². The number of benzene rings is 1. The summed E-state index contributed by atoms with van der Waals surface area (Å²) in [5.41, 5.74) is 4.53. The summed E-state index contributed by atoms with van der Waals surface area (Å²) in [7, 11) is -2.64. The Morgan fingerprint density at radius 3 is 2.70 bits per heavy atom. The first-order valence-corrected chi connectivity index (χ1v) is 12.7. The van der Waals surface area contributed by atoms with Gasteiger partial charge in [-0.2, -0.15) is 15.1 Å². The molecule has 0 saturated carbocycles. The molecule has 0 aliphatic carbocycles. The molecule has 4 rings (SSSR count). The molecule has 37 heavy (non-hydrogen) atoms. The number of fused-ring (bicyclic) bond motifs is 1. The number of hydrogen-bond acceptors (Lipinski definition) is 12. The van der Waals surface area contributed by atoms with Crippen molar-refractivity contribution in [3.63, 3.8) is 0 Å². The molecule has 3 aromatic rings. The van der Waals surface area contributed by atoms with E-state index in [-0.39, 0.29) is 17.3 Å². The summed E-state index contributed by atoms with van der Waals surface area (Å²) in [6.07, 6.45) is -2.55. The van der Waals surface area contributed by atoms with E-state index in [1.54, 1.807) is 25.2 Å². The molecule has 1 saturated heterocycles. The second kappa shape index (κ2) is 10.2. The highest BCUT2D eigenvalue weighted by atomic mass is 31.2. The van der Waals surface area contributed by atoms with Crippen molar-refractivity contribution in [3.05, 3.63) is 36.7 Å². The fourth-order valence-corrected chi connectivity index (χ4v) is 5.34. The van der Waals surface area contributed by atoms with E-state index in [2.05, 4.69) is 25.4 Å². The molecule has 1 aliphatic heterocycles. The van der Waals surface area contributed by atoms with Gasteiger partial charge in [-0.15, -0.1) is 0 Å². The van der Waals surface area contributed by atoms with Gasteiger partial charge in [-0.3, -0.25) is 13.9 Å². The Labute approximate surface area is 211 Å². The molecule has 15 nitrogen and oxygen atoms in total. The van der Waals surface area contributed by atoms with Crippen LogP contribution < -0.4 is 20.7 Å². The maximum absolute atomic E-state index is 13.4. The number of aliphatic hydroxyl groups is 2. The standard InChI is InChI=1S/C21H28N7O8P/c1-11(18(30)31)27-37(33,36-12-7-5-4-6-8-12)34-9-13-15(29)21(2,32)19(35-13)28-10-24-14-16(23-3)25-20(22)26-17(14)28/h4-8,10-11,13,15,19,29,32H,9H2,1-3H3,(H,27,33)(H,30,31)(H3,22,23,25,26)/t11?,13-,15-,19-,21-,37?/m1/s1. The van der Waals surface area contributed by atoms with Gasteiger partial charge in [-0.1, -0.05) is 18.2 Å². The number of nitrogens with one attached hydrogen (secondary N) is 2. The molecule has 3 heterocycles. The first-order chi connectivity index (χ1) is 17.4. The number of carboxylic acids is 1. The molecule has 1 fully saturated rings. The molecule has 16 heteroatoms. The number of imidazole rings is 1. The van der Waals surface area contributed by atoms with Gasteiger partial charge in [0.1, 0.15) is 29.6 Å². The number of carboxylic acid groups (broad SMARTS) is 1. The lowest BCUT2D eigenvalue weighted by molar-refractivity contribution is -0.138. The number of nitrogens with zero attached hydrogens (tertiary/aromatic N) is 4. The van der Waals surface area contributed by atoms with Crippen LogP contribution in [0.25, 0.3) is 11.2 Å². The van der Waals surface area contributed by atoms with Gasteiger partial charge in [-0.25, -0.2) is 9.55 Å². The van der Waals surface area contributed by atoms with Crippen LogP contribution in [0.3, 0.4) is 0 Å². The van der Waals surface area contributed by atoms with E-state index < -0.39 is 50.4 Å². The van der Waals surface area contributed by atoms with Crippen LogP contribution >= 0.6 is 7.75 Å². The Kier molecular flexibility index (Phi) is 7.37. The van der Waals surface area contributed by atoms with Gasteiger partial charge < -0.3 is 35.6 Å². The SMILES string of the molecule is CNc1nc(N)nc2c1ncn2[C@@H]1O[C@H](COP(=O)(NC(C)C(=O)O)Oc2ccccc2)[C@@H](O)[C@@]1(C)O. The zero-order valence-electron chi connectivity index (χ0n) is 20.2. The molecule has 0 spiro atoms. The van der Waals surface area contributed by atoms with Gasteiger partial charge in [0.05, 0.1) is 12.9 Å². The van der Waals surface area contributed by atoms with Crippen molar-refractivity contribution in [2.24, 2.45) is 0 Å². The topological polar surface area (TPSA) is 216 Å². The highest BCUT2D eigenvalue weighted by Gasteiger charge is 2.54. The number of para-hydroxylation sites is 1. The molecule has 0 radical (unpaired) electrons. The van der Waals surface area contributed by atoms with E-state index in [9.17, 15) is 24.7 Å². The van der Waals surface area contributed by atoms with Gasteiger partial charge in [0.25, 0.3) is 0 Å². The Morgan fingerprint density at radius 2 is 2.05 bits per heavy atom. The summed E-state index contributed by atoms with van der Waals surface area (Å²) in [5, 5.41) is 36.5. The lowest BCUT2D eigenvalue weighted by Crippen LogP contribution is -2.44. The normalized spacial score (nSPS) is 26.0. The van der Waals surface area contributed by atoms with Gasteiger partial charge in [-0.05, 0) is 26.0 Å². The Bertz CT molecular complexity index is 1320. The van der Waals surface area contributed by atoms with E-state index in [0.29, 0.717) is 11.3 Å². The minimum absolute atomic E-state index is 0.0469. The largest absolute Gasteiger partial charge is 0.480 e. The van der Waals surface area contributed by atoms with Crippen LogP contribution in [0.2, 0.25) is 0 Å². The van der Waals surface area contributed by atoms with Gasteiger partial charge in [0.15, 0.2) is 23.2 Å². The van der Waals surface area contributed by atoms with Crippen LogP contribution in [-0.2, 0) is 18.6 Å². The third kappa shape index (κ3) is 5.37.